The van der Waals surface area contributed by atoms with Crippen molar-refractivity contribution in [3.63, 3.8) is 0 Å². The molecule has 0 radical (unpaired) electrons. The van der Waals surface area contributed by atoms with Gasteiger partial charge >= 0.3 is 5.97 Å². The van der Waals surface area contributed by atoms with Crippen molar-refractivity contribution in [1.82, 2.24) is 0 Å². The molecule has 0 saturated carbocycles. The van der Waals surface area contributed by atoms with Gasteiger partial charge in [-0.1, -0.05) is 38.1 Å². The summed E-state index contributed by atoms with van der Waals surface area (Å²) in [6, 6.07) is 12.1. The molecule has 2 N–H and O–H groups in total. The zero-order valence-corrected chi connectivity index (χ0v) is 17.4. The van der Waals surface area contributed by atoms with E-state index < -0.39 is 16.0 Å². The third-order valence-electron chi connectivity index (χ3n) is 4.88. The van der Waals surface area contributed by atoms with Gasteiger partial charge in [-0.3, -0.25) is 0 Å². The topological polar surface area (TPSA) is 98.9 Å². The predicted octanol–water partition coefficient (Wildman–Crippen LogP) is 2.65. The lowest BCUT2D eigenvalue weighted by atomic mass is 10.0. The lowest BCUT2D eigenvalue weighted by Gasteiger charge is -2.30. The average molecular weight is 419 g/mol. The second-order valence-electron chi connectivity index (χ2n) is 7.30. The standard InChI is InChI=1S/C21H26N2O5S/c1-15(2)17-5-3-16(4-6-17)14-28-21(24)19-13-18(29(22,25)26)7-8-20(19)23-9-11-27-12-10-23/h3-8,13,15H,9-12,14H2,1-2H3,(H2,22,25,26). The fourth-order valence-corrected chi connectivity index (χ4v) is 3.70. The molecule has 1 fully saturated rings. The fraction of sp³-hybridized carbons (Fsp3) is 0.381. The number of nitrogens with two attached hydrogens (primary N) is 1. The van der Waals surface area contributed by atoms with Crippen LogP contribution in [0.2, 0.25) is 0 Å². The van der Waals surface area contributed by atoms with Crippen molar-refractivity contribution in [2.45, 2.75) is 31.3 Å². The number of rotatable bonds is 6. The Morgan fingerprint density at radius 2 is 1.79 bits per heavy atom. The second kappa shape index (κ2) is 8.94. The van der Waals surface area contributed by atoms with Crippen LogP contribution in [0.5, 0.6) is 0 Å². The minimum atomic E-state index is -3.94. The summed E-state index contributed by atoms with van der Waals surface area (Å²) in [5, 5.41) is 5.24. The Balaban J connectivity index is 1.83. The molecule has 0 amide bonds. The van der Waals surface area contributed by atoms with Crippen LogP contribution in [0.3, 0.4) is 0 Å². The highest BCUT2D eigenvalue weighted by Crippen LogP contribution is 2.26. The molecule has 156 valence electrons. The molecule has 0 atom stereocenters. The van der Waals surface area contributed by atoms with Crippen LogP contribution in [0.15, 0.2) is 47.4 Å². The number of benzene rings is 2. The van der Waals surface area contributed by atoms with Crippen molar-refractivity contribution in [2.75, 3.05) is 31.2 Å². The Morgan fingerprint density at radius 3 is 2.38 bits per heavy atom. The Kier molecular flexibility index (Phi) is 6.56. The minimum Gasteiger partial charge on any atom is -0.457 e. The molecular weight excluding hydrogens is 392 g/mol. The first kappa shape index (κ1) is 21.3. The van der Waals surface area contributed by atoms with Crippen LogP contribution in [-0.4, -0.2) is 40.7 Å². The van der Waals surface area contributed by atoms with Gasteiger partial charge in [-0.15, -0.1) is 0 Å². The molecule has 0 aromatic heterocycles. The van der Waals surface area contributed by atoms with Gasteiger partial charge in [-0.25, -0.2) is 18.4 Å². The molecule has 0 bridgehead atoms. The average Bonchev–Trinajstić information content (AvgIpc) is 2.72. The van der Waals surface area contributed by atoms with Crippen molar-refractivity contribution >= 4 is 21.7 Å². The van der Waals surface area contributed by atoms with E-state index in [0.717, 1.165) is 5.56 Å². The predicted molar refractivity (Wildman–Crippen MR) is 110 cm³/mol. The van der Waals surface area contributed by atoms with E-state index in [4.69, 9.17) is 14.6 Å². The molecular formula is C21H26N2O5S. The zero-order chi connectivity index (χ0) is 21.0. The van der Waals surface area contributed by atoms with Gasteiger partial charge < -0.3 is 14.4 Å². The molecule has 29 heavy (non-hydrogen) atoms. The van der Waals surface area contributed by atoms with E-state index in [-0.39, 0.29) is 17.1 Å². The monoisotopic (exact) mass is 418 g/mol. The summed E-state index contributed by atoms with van der Waals surface area (Å²) in [6.45, 7) is 6.60. The van der Waals surface area contributed by atoms with Gasteiger partial charge in [-0.05, 0) is 35.2 Å². The lowest BCUT2D eigenvalue weighted by Crippen LogP contribution is -2.37. The highest BCUT2D eigenvalue weighted by atomic mass is 32.2. The van der Waals surface area contributed by atoms with Crippen molar-refractivity contribution in [2.24, 2.45) is 5.14 Å². The SMILES string of the molecule is CC(C)c1ccc(COC(=O)c2cc(S(N)(=O)=O)ccc2N2CCOCC2)cc1. The van der Waals surface area contributed by atoms with Gasteiger partial charge in [-0.2, -0.15) is 0 Å². The van der Waals surface area contributed by atoms with Crippen LogP contribution >= 0.6 is 0 Å². The molecule has 2 aromatic carbocycles. The van der Waals surface area contributed by atoms with Gasteiger partial charge in [0.15, 0.2) is 0 Å². The number of carbonyl (C=O) groups excluding carboxylic acids is 1. The number of carbonyl (C=O) groups is 1. The van der Waals surface area contributed by atoms with Crippen molar-refractivity contribution in [3.05, 3.63) is 59.2 Å². The van der Waals surface area contributed by atoms with Gasteiger partial charge in [0, 0.05) is 13.1 Å². The summed E-state index contributed by atoms with van der Waals surface area (Å²) in [7, 11) is -3.94. The first-order valence-corrected chi connectivity index (χ1v) is 11.1. The Hall–Kier alpha value is -2.42. The summed E-state index contributed by atoms with van der Waals surface area (Å²) >= 11 is 0. The van der Waals surface area contributed by atoms with Crippen LogP contribution in [0.4, 0.5) is 5.69 Å². The van der Waals surface area contributed by atoms with Gasteiger partial charge in [0.2, 0.25) is 10.0 Å². The molecule has 1 aliphatic heterocycles. The Labute approximate surface area is 171 Å². The summed E-state index contributed by atoms with van der Waals surface area (Å²) in [5.41, 5.74) is 2.85. The van der Waals surface area contributed by atoms with E-state index in [1.165, 1.54) is 17.7 Å². The second-order valence-corrected chi connectivity index (χ2v) is 8.86. The van der Waals surface area contributed by atoms with Gasteiger partial charge in [0.05, 0.1) is 29.4 Å². The highest BCUT2D eigenvalue weighted by Gasteiger charge is 2.22. The number of anilines is 1. The van der Waals surface area contributed by atoms with Crippen molar-refractivity contribution in [1.29, 1.82) is 0 Å². The third kappa shape index (κ3) is 5.35. The van der Waals surface area contributed by atoms with Crippen LogP contribution in [0.25, 0.3) is 0 Å². The normalized spacial score (nSPS) is 14.8. The lowest BCUT2D eigenvalue weighted by molar-refractivity contribution is 0.0472. The molecule has 0 aliphatic carbocycles. The molecule has 0 spiro atoms. The molecule has 1 aliphatic rings. The maximum Gasteiger partial charge on any atom is 0.340 e. The number of hydrogen-bond acceptors (Lipinski definition) is 6. The van der Waals surface area contributed by atoms with E-state index in [1.807, 2.05) is 29.2 Å². The smallest absolute Gasteiger partial charge is 0.340 e. The molecule has 8 heteroatoms. The number of nitrogens with zero attached hydrogens (tertiary/aromatic N) is 1. The molecule has 0 unspecified atom stereocenters. The van der Waals surface area contributed by atoms with Crippen LogP contribution in [-0.2, 0) is 26.1 Å². The van der Waals surface area contributed by atoms with Crippen LogP contribution in [0, 0.1) is 0 Å². The zero-order valence-electron chi connectivity index (χ0n) is 16.6. The highest BCUT2D eigenvalue weighted by molar-refractivity contribution is 7.89. The number of hydrogen-bond donors (Lipinski definition) is 1. The molecule has 2 aromatic rings. The summed E-state index contributed by atoms with van der Waals surface area (Å²) in [4.78, 5) is 14.7. The summed E-state index contributed by atoms with van der Waals surface area (Å²) < 4.78 is 34.3. The van der Waals surface area contributed by atoms with Crippen LogP contribution < -0.4 is 10.0 Å². The van der Waals surface area contributed by atoms with E-state index in [0.29, 0.717) is 37.9 Å². The number of ether oxygens (including phenoxy) is 2. The quantitative estimate of drug-likeness (QED) is 0.724. The molecule has 3 rings (SSSR count). The molecule has 1 saturated heterocycles. The van der Waals surface area contributed by atoms with E-state index in [1.54, 1.807) is 6.07 Å². The maximum atomic E-state index is 12.8. The van der Waals surface area contributed by atoms with Gasteiger partial charge in [0.1, 0.15) is 6.61 Å². The first-order valence-electron chi connectivity index (χ1n) is 9.51. The third-order valence-corrected chi connectivity index (χ3v) is 5.80. The van der Waals surface area contributed by atoms with E-state index in [2.05, 4.69) is 13.8 Å². The molecule has 7 nitrogen and oxygen atoms in total. The van der Waals surface area contributed by atoms with Crippen molar-refractivity contribution < 1.29 is 22.7 Å². The van der Waals surface area contributed by atoms with Crippen LogP contribution in [0.1, 0.15) is 41.3 Å². The van der Waals surface area contributed by atoms with E-state index in [9.17, 15) is 13.2 Å². The minimum absolute atomic E-state index is 0.0966. The number of esters is 1. The largest absolute Gasteiger partial charge is 0.457 e. The maximum absolute atomic E-state index is 12.8. The summed E-state index contributed by atoms with van der Waals surface area (Å²) in [5.74, 6) is -0.173. The summed E-state index contributed by atoms with van der Waals surface area (Å²) in [6.07, 6.45) is 0. The fourth-order valence-electron chi connectivity index (χ4n) is 3.16. The number of primary sulfonamides is 1. The van der Waals surface area contributed by atoms with E-state index >= 15 is 0 Å². The first-order chi connectivity index (χ1) is 13.8. The van der Waals surface area contributed by atoms with Gasteiger partial charge in [0.25, 0.3) is 0 Å². The number of sulfonamides is 1. The Morgan fingerprint density at radius 1 is 1.14 bits per heavy atom. The Bertz CT molecular complexity index is 965. The number of morpholine rings is 1. The van der Waals surface area contributed by atoms with Crippen molar-refractivity contribution in [3.8, 4) is 0 Å². The molecule has 1 heterocycles.